The Morgan fingerprint density at radius 2 is 1.52 bits per heavy atom. The molecule has 13 nitrogen and oxygen atoms in total. The number of nitrogens with one attached hydrogen (secondary N) is 1. The molecule has 6 unspecified atom stereocenters. The number of aromatic nitrogens is 1. The van der Waals surface area contributed by atoms with Crippen molar-refractivity contribution in [1.29, 1.82) is 0 Å². The van der Waals surface area contributed by atoms with Crippen molar-refractivity contribution >= 4 is 69.3 Å². The number of oxazole rings is 1. The summed E-state index contributed by atoms with van der Waals surface area (Å²) < 4.78 is 23.4. The Bertz CT molecular complexity index is 2860. The van der Waals surface area contributed by atoms with E-state index in [1.807, 2.05) is 30.3 Å². The molecule has 0 spiro atoms. The van der Waals surface area contributed by atoms with Crippen LogP contribution in [-0.2, 0) is 24.6 Å². The summed E-state index contributed by atoms with van der Waals surface area (Å²) >= 11 is 12.8. The van der Waals surface area contributed by atoms with Crippen LogP contribution in [0, 0.1) is 23.7 Å². The Hall–Kier alpha value is -6.83. The second kappa shape index (κ2) is 15.2. The van der Waals surface area contributed by atoms with Gasteiger partial charge in [-0.05, 0) is 91.1 Å². The highest BCUT2D eigenvalue weighted by Crippen LogP contribution is 2.66. The number of hydrogen-bond acceptors (Lipinski definition) is 11. The Morgan fingerprint density at radius 3 is 2.19 bits per heavy atom. The van der Waals surface area contributed by atoms with Crippen LogP contribution in [-0.4, -0.2) is 60.1 Å². The third-order valence-corrected chi connectivity index (χ3v) is 13.6. The zero-order valence-electron chi connectivity index (χ0n) is 34.0. The van der Waals surface area contributed by atoms with Crippen molar-refractivity contribution in [3.8, 4) is 34.5 Å². The normalized spacial score (nSPS) is 24.0. The smallest absolute Gasteiger partial charge is 0.260 e. The van der Waals surface area contributed by atoms with E-state index in [1.165, 1.54) is 44.4 Å². The molecule has 2 aliphatic heterocycles. The van der Waals surface area contributed by atoms with Crippen molar-refractivity contribution in [2.45, 2.75) is 24.2 Å². The molecule has 3 heterocycles. The minimum absolute atomic E-state index is 0.0267. The number of nitrogens with zero attached hydrogens (tertiary/aromatic N) is 3. The number of fused-ring (bicyclic) bond motifs is 5. The molecule has 2 aliphatic carbocycles. The number of aromatic hydroxyl groups is 1. The first-order valence-electron chi connectivity index (χ1n) is 20.2. The third-order valence-electron chi connectivity index (χ3n) is 13.1. The number of carbonyl (C=O) groups excluding carboxylic acids is 4. The maximum absolute atomic E-state index is 15.7. The maximum atomic E-state index is 15.7. The lowest BCUT2D eigenvalue weighted by molar-refractivity contribution is -0.138. The third kappa shape index (κ3) is 6.08. The van der Waals surface area contributed by atoms with Gasteiger partial charge in [-0.15, -0.1) is 0 Å². The zero-order chi connectivity index (χ0) is 43.9. The SMILES string of the molecule is COc1ccc(C23C(=O)N(Nc4ccc(Cl)cc4Cl)C(=O)C2CC2C(=CCC4C(=O)N(c5ccc(-c6nc7ccccc7o6)cc5)C(=O)C42)C3c2c(OC)cc(O)cc2OC)cc1. The summed E-state index contributed by atoms with van der Waals surface area (Å²) in [5.74, 6) is -5.32. The van der Waals surface area contributed by atoms with Crippen molar-refractivity contribution in [2.24, 2.45) is 23.7 Å². The molecule has 318 valence electrons. The first-order valence-corrected chi connectivity index (χ1v) is 21.0. The molecule has 2 saturated heterocycles. The number of hydrogen-bond donors (Lipinski definition) is 2. The number of allylic oxidation sites excluding steroid dienone is 2. The van der Waals surface area contributed by atoms with E-state index < -0.39 is 52.7 Å². The van der Waals surface area contributed by atoms with E-state index in [0.29, 0.717) is 55.7 Å². The number of amides is 4. The number of imide groups is 2. The molecule has 5 aromatic carbocycles. The highest BCUT2D eigenvalue weighted by atomic mass is 35.5. The zero-order valence-corrected chi connectivity index (χ0v) is 35.5. The molecule has 4 amide bonds. The van der Waals surface area contributed by atoms with Crippen molar-refractivity contribution in [1.82, 2.24) is 9.99 Å². The van der Waals surface area contributed by atoms with Gasteiger partial charge in [0.25, 0.3) is 11.8 Å². The van der Waals surface area contributed by atoms with Crippen LogP contribution in [0.15, 0.2) is 119 Å². The molecule has 6 aromatic rings. The molecule has 4 aliphatic rings. The van der Waals surface area contributed by atoms with E-state index >= 15 is 9.59 Å². The molecule has 2 N–H and O–H groups in total. The van der Waals surface area contributed by atoms with Crippen LogP contribution in [0.1, 0.15) is 29.9 Å². The number of para-hydroxylation sites is 2. The molecule has 15 heteroatoms. The van der Waals surface area contributed by atoms with Crippen LogP contribution in [0.25, 0.3) is 22.6 Å². The largest absolute Gasteiger partial charge is 0.508 e. The fourth-order valence-electron chi connectivity index (χ4n) is 10.4. The van der Waals surface area contributed by atoms with E-state index in [4.69, 9.17) is 41.8 Å². The van der Waals surface area contributed by atoms with Crippen LogP contribution in [0.2, 0.25) is 10.0 Å². The molecule has 0 bridgehead atoms. The Kier molecular flexibility index (Phi) is 9.72. The van der Waals surface area contributed by atoms with Gasteiger partial charge < -0.3 is 23.7 Å². The van der Waals surface area contributed by atoms with E-state index in [1.54, 1.807) is 60.7 Å². The first-order chi connectivity index (χ1) is 30.5. The summed E-state index contributed by atoms with van der Waals surface area (Å²) in [6.07, 6.45) is 2.13. The first kappa shape index (κ1) is 40.3. The van der Waals surface area contributed by atoms with Crippen molar-refractivity contribution in [3.63, 3.8) is 0 Å². The Morgan fingerprint density at radius 1 is 0.810 bits per heavy atom. The van der Waals surface area contributed by atoms with Gasteiger partial charge in [-0.25, -0.2) is 4.98 Å². The van der Waals surface area contributed by atoms with Crippen LogP contribution >= 0.6 is 23.2 Å². The minimum Gasteiger partial charge on any atom is -0.508 e. The van der Waals surface area contributed by atoms with Crippen LogP contribution in [0.3, 0.4) is 0 Å². The number of carbonyl (C=O) groups is 4. The number of halogens is 2. The van der Waals surface area contributed by atoms with Crippen molar-refractivity contribution in [2.75, 3.05) is 31.7 Å². The Labute approximate surface area is 370 Å². The molecule has 6 atom stereocenters. The number of rotatable bonds is 9. The molecule has 1 aromatic heterocycles. The summed E-state index contributed by atoms with van der Waals surface area (Å²) in [5.41, 5.74) is 5.46. The topological polar surface area (TPSA) is 161 Å². The molecular weight excluding hydrogens is 847 g/mol. The average Bonchev–Trinajstić information content (AvgIpc) is 3.91. The van der Waals surface area contributed by atoms with E-state index in [9.17, 15) is 14.7 Å². The number of phenolic OH excluding ortho intramolecular Hbond substituents is 1. The van der Waals surface area contributed by atoms with Crippen LogP contribution in [0.5, 0.6) is 23.0 Å². The predicted molar refractivity (Wildman–Crippen MR) is 234 cm³/mol. The summed E-state index contributed by atoms with van der Waals surface area (Å²) in [6.45, 7) is 0. The second-order valence-corrected chi connectivity index (χ2v) is 16.9. The summed E-state index contributed by atoms with van der Waals surface area (Å²) in [4.78, 5) is 66.3. The number of hydrazine groups is 1. The maximum Gasteiger partial charge on any atom is 0.260 e. The fourth-order valence-corrected chi connectivity index (χ4v) is 10.8. The highest BCUT2D eigenvalue weighted by Gasteiger charge is 2.71. The van der Waals surface area contributed by atoms with E-state index in [2.05, 4.69) is 10.4 Å². The van der Waals surface area contributed by atoms with Crippen molar-refractivity contribution < 1.29 is 42.9 Å². The highest BCUT2D eigenvalue weighted by molar-refractivity contribution is 6.36. The molecular formula is C48H38Cl2N4O9. The molecule has 0 radical (unpaired) electrons. The van der Waals surface area contributed by atoms with Gasteiger partial charge in [0.05, 0.1) is 60.9 Å². The lowest BCUT2D eigenvalue weighted by Gasteiger charge is -2.51. The molecule has 63 heavy (non-hydrogen) atoms. The molecule has 3 fully saturated rings. The van der Waals surface area contributed by atoms with Crippen LogP contribution < -0.4 is 24.5 Å². The molecule has 10 rings (SSSR count). The number of ether oxygens (including phenoxy) is 3. The fraction of sp³-hybridized carbons (Fsp3) is 0.229. The quantitative estimate of drug-likeness (QED) is 0.106. The second-order valence-electron chi connectivity index (χ2n) is 16.0. The van der Waals surface area contributed by atoms with Gasteiger partial charge in [-0.1, -0.05) is 59.1 Å². The Balaban J connectivity index is 1.12. The van der Waals surface area contributed by atoms with Crippen molar-refractivity contribution in [3.05, 3.63) is 136 Å². The van der Waals surface area contributed by atoms with Gasteiger partial charge in [0, 0.05) is 34.2 Å². The minimum atomic E-state index is -1.70. The monoisotopic (exact) mass is 884 g/mol. The number of phenols is 1. The van der Waals surface area contributed by atoms with Crippen LogP contribution in [0.4, 0.5) is 11.4 Å². The number of benzene rings is 5. The number of anilines is 2. The lowest BCUT2D eigenvalue weighted by Crippen LogP contribution is -2.53. The van der Waals surface area contributed by atoms with Gasteiger partial charge >= 0.3 is 0 Å². The van der Waals surface area contributed by atoms with Gasteiger partial charge in [0.1, 0.15) is 28.5 Å². The summed E-state index contributed by atoms with van der Waals surface area (Å²) in [7, 11) is 4.40. The summed E-state index contributed by atoms with van der Waals surface area (Å²) in [6, 6.07) is 28.8. The van der Waals surface area contributed by atoms with Gasteiger partial charge in [-0.3, -0.25) is 29.5 Å². The average molecular weight is 886 g/mol. The molecule has 1 saturated carbocycles. The summed E-state index contributed by atoms with van der Waals surface area (Å²) in [5, 5.41) is 12.4. The van der Waals surface area contributed by atoms with E-state index in [0.717, 1.165) is 5.01 Å². The van der Waals surface area contributed by atoms with Gasteiger partial charge in [-0.2, -0.15) is 5.01 Å². The standard InChI is InChI=1S/C48H38Cl2N4O9/c1-60-29-15-10-25(11-16-29)48-33(45(57)54(47(48)59)52-35-19-12-26(49)20-34(35)50)23-32-30(42(48)41-38(61-2)21-28(55)22-39(41)62-3)17-18-31-40(32)46(58)53(44(31)56)27-13-8-24(9-14-27)43-51-36-6-4-5-7-37(36)63-43/h4-17,19-22,31-33,40,42,52,55H,18,23H2,1-3H3. The predicted octanol–water partition coefficient (Wildman–Crippen LogP) is 8.72. The number of methoxy groups -OCH3 is 3. The van der Waals surface area contributed by atoms with E-state index in [-0.39, 0.29) is 46.7 Å². The van der Waals surface area contributed by atoms with Gasteiger partial charge in [0.15, 0.2) is 5.58 Å². The lowest BCUT2D eigenvalue weighted by atomic mass is 9.49. The van der Waals surface area contributed by atoms with Gasteiger partial charge in [0.2, 0.25) is 17.7 Å².